The van der Waals surface area contributed by atoms with Crippen molar-refractivity contribution in [2.24, 2.45) is 0 Å². The minimum Gasteiger partial charge on any atom is -0.377 e. The van der Waals surface area contributed by atoms with Crippen LogP contribution >= 0.6 is 23.2 Å². The van der Waals surface area contributed by atoms with E-state index in [0.29, 0.717) is 18.8 Å². The van der Waals surface area contributed by atoms with Crippen molar-refractivity contribution >= 4 is 52.4 Å². The molecule has 144 valence electrons. The first-order valence-electron chi connectivity index (χ1n) is 8.41. The highest BCUT2D eigenvalue weighted by atomic mass is 35.5. The quantitative estimate of drug-likeness (QED) is 0.608. The molecule has 0 radical (unpaired) electrons. The number of carbonyl (C=O) groups is 3. The molecule has 10 heteroatoms. The summed E-state index contributed by atoms with van der Waals surface area (Å²) in [6.45, 7) is 0.906. The Morgan fingerprint density at radius 2 is 2.04 bits per heavy atom. The van der Waals surface area contributed by atoms with Gasteiger partial charge in [-0.15, -0.1) is 0 Å². The summed E-state index contributed by atoms with van der Waals surface area (Å²) >= 11 is 12.1. The Kier molecular flexibility index (Phi) is 4.92. The molecule has 2 fully saturated rings. The lowest BCUT2D eigenvalue weighted by atomic mass is 10.2. The second-order valence-corrected chi connectivity index (χ2v) is 7.00. The molecule has 4 amide bonds. The van der Waals surface area contributed by atoms with Gasteiger partial charge in [-0.2, -0.15) is 0 Å². The van der Waals surface area contributed by atoms with E-state index in [2.05, 4.69) is 10.3 Å². The van der Waals surface area contributed by atoms with Gasteiger partial charge in [0.05, 0.1) is 23.9 Å². The summed E-state index contributed by atoms with van der Waals surface area (Å²) in [6, 6.07) is 8.17. The number of amides is 4. The van der Waals surface area contributed by atoms with E-state index >= 15 is 0 Å². The van der Waals surface area contributed by atoms with Gasteiger partial charge in [0.2, 0.25) is 0 Å². The van der Waals surface area contributed by atoms with Crippen LogP contribution in [-0.4, -0.2) is 53.5 Å². The number of nitrogens with one attached hydrogen (secondary N) is 1. The molecule has 1 atom stereocenters. The Balaban J connectivity index is 1.56. The first-order valence-corrected chi connectivity index (χ1v) is 9.17. The third kappa shape index (κ3) is 3.30. The summed E-state index contributed by atoms with van der Waals surface area (Å²) in [5.41, 5.74) is 0.792. The van der Waals surface area contributed by atoms with Crippen LogP contribution in [0.1, 0.15) is 10.5 Å². The molecule has 3 heterocycles. The summed E-state index contributed by atoms with van der Waals surface area (Å²) in [6.07, 6.45) is 0. The number of hydrogen-bond acceptors (Lipinski definition) is 5. The summed E-state index contributed by atoms with van der Waals surface area (Å²) < 4.78 is 5.29. The molecule has 1 N–H and O–H groups in total. The van der Waals surface area contributed by atoms with Gasteiger partial charge in [-0.3, -0.25) is 9.59 Å². The van der Waals surface area contributed by atoms with Crippen LogP contribution in [0.4, 0.5) is 16.2 Å². The summed E-state index contributed by atoms with van der Waals surface area (Å²) in [5.74, 6) is -0.847. The lowest BCUT2D eigenvalue weighted by Gasteiger charge is -2.26. The second-order valence-electron chi connectivity index (χ2n) is 6.21. The Labute approximate surface area is 170 Å². The van der Waals surface area contributed by atoms with E-state index in [1.54, 1.807) is 18.2 Å². The highest BCUT2D eigenvalue weighted by Crippen LogP contribution is 2.34. The van der Waals surface area contributed by atoms with Crippen LogP contribution < -0.4 is 10.2 Å². The average molecular weight is 421 g/mol. The lowest BCUT2D eigenvalue weighted by molar-refractivity contribution is -0.123. The number of nitrogens with zero attached hydrogens (tertiary/aromatic N) is 3. The predicted molar refractivity (Wildman–Crippen MR) is 103 cm³/mol. The van der Waals surface area contributed by atoms with E-state index in [0.717, 1.165) is 4.90 Å². The van der Waals surface area contributed by atoms with E-state index in [-0.39, 0.29) is 34.1 Å². The van der Waals surface area contributed by atoms with Gasteiger partial charge in [0.1, 0.15) is 16.9 Å². The van der Waals surface area contributed by atoms with Gasteiger partial charge in [-0.05, 0) is 30.3 Å². The zero-order valence-electron chi connectivity index (χ0n) is 14.4. The van der Waals surface area contributed by atoms with Crippen molar-refractivity contribution in [2.75, 3.05) is 30.0 Å². The fourth-order valence-electron chi connectivity index (χ4n) is 3.13. The lowest BCUT2D eigenvalue weighted by Crippen LogP contribution is -2.45. The third-order valence-electron chi connectivity index (χ3n) is 4.47. The molecule has 2 saturated heterocycles. The van der Waals surface area contributed by atoms with Crippen LogP contribution in [-0.2, 0) is 9.53 Å². The number of morpholine rings is 1. The SMILES string of the molecule is O=C(Nc1ccc(N2C(=O)C3COCCN3C2=O)c(Cl)c1)c1cccc(Cl)n1. The van der Waals surface area contributed by atoms with Crippen molar-refractivity contribution < 1.29 is 19.1 Å². The molecule has 4 rings (SSSR count). The fraction of sp³-hybridized carbons (Fsp3) is 0.222. The standard InChI is InChI=1S/C18H14Cl2N4O4/c19-11-8-10(21-16(25)12-2-1-3-15(20)22-12)4-5-13(11)24-17(26)14-9-28-7-6-23(14)18(24)27/h1-5,8,14H,6-7,9H2,(H,21,25). The number of imide groups is 1. The van der Waals surface area contributed by atoms with Crippen molar-refractivity contribution in [1.82, 2.24) is 9.88 Å². The number of fused-ring (bicyclic) bond motifs is 1. The van der Waals surface area contributed by atoms with E-state index in [1.165, 1.54) is 23.1 Å². The van der Waals surface area contributed by atoms with Gasteiger partial charge in [0.25, 0.3) is 11.8 Å². The predicted octanol–water partition coefficient (Wildman–Crippen LogP) is 2.81. The third-order valence-corrected chi connectivity index (χ3v) is 4.98. The normalized spacial score (nSPS) is 19.0. The number of aromatic nitrogens is 1. The fourth-order valence-corrected chi connectivity index (χ4v) is 3.56. The molecule has 8 nitrogen and oxygen atoms in total. The summed E-state index contributed by atoms with van der Waals surface area (Å²) in [5, 5.41) is 3.01. The smallest absolute Gasteiger partial charge is 0.332 e. The molecule has 0 saturated carbocycles. The molecule has 2 aromatic rings. The Hall–Kier alpha value is -2.68. The van der Waals surface area contributed by atoms with Crippen molar-refractivity contribution in [3.05, 3.63) is 52.3 Å². The Morgan fingerprint density at radius 1 is 1.21 bits per heavy atom. The minimum atomic E-state index is -0.634. The molecule has 0 aliphatic carbocycles. The Bertz CT molecular complexity index is 960. The van der Waals surface area contributed by atoms with Gasteiger partial charge in [0, 0.05) is 12.2 Å². The zero-order valence-corrected chi connectivity index (χ0v) is 15.9. The average Bonchev–Trinajstić information content (AvgIpc) is 2.93. The molecule has 0 bridgehead atoms. The maximum absolute atomic E-state index is 12.6. The maximum atomic E-state index is 12.6. The van der Waals surface area contributed by atoms with Crippen LogP contribution in [0.25, 0.3) is 0 Å². The van der Waals surface area contributed by atoms with Crippen LogP contribution in [0.15, 0.2) is 36.4 Å². The molecule has 2 aliphatic heterocycles. The number of pyridine rings is 1. The molecule has 1 unspecified atom stereocenters. The molecular formula is C18H14Cl2N4O4. The monoisotopic (exact) mass is 420 g/mol. The van der Waals surface area contributed by atoms with Crippen molar-refractivity contribution in [1.29, 1.82) is 0 Å². The molecule has 28 heavy (non-hydrogen) atoms. The number of rotatable bonds is 3. The second kappa shape index (κ2) is 7.38. The molecule has 2 aliphatic rings. The number of benzene rings is 1. The van der Waals surface area contributed by atoms with Gasteiger partial charge in [-0.25, -0.2) is 14.7 Å². The topological polar surface area (TPSA) is 91.8 Å². The highest BCUT2D eigenvalue weighted by Gasteiger charge is 2.47. The molecule has 0 spiro atoms. The van der Waals surface area contributed by atoms with Gasteiger partial charge >= 0.3 is 6.03 Å². The van der Waals surface area contributed by atoms with Crippen molar-refractivity contribution in [2.45, 2.75) is 6.04 Å². The highest BCUT2D eigenvalue weighted by molar-refractivity contribution is 6.36. The number of hydrogen-bond donors (Lipinski definition) is 1. The van der Waals surface area contributed by atoms with Gasteiger partial charge < -0.3 is 15.0 Å². The van der Waals surface area contributed by atoms with Crippen LogP contribution in [0.3, 0.4) is 0 Å². The zero-order chi connectivity index (χ0) is 19.8. The summed E-state index contributed by atoms with van der Waals surface area (Å²) in [7, 11) is 0. The van der Waals surface area contributed by atoms with E-state index in [4.69, 9.17) is 27.9 Å². The van der Waals surface area contributed by atoms with E-state index in [9.17, 15) is 14.4 Å². The van der Waals surface area contributed by atoms with Crippen LogP contribution in [0.5, 0.6) is 0 Å². The molecular weight excluding hydrogens is 407 g/mol. The van der Waals surface area contributed by atoms with Gasteiger partial charge in [0.15, 0.2) is 0 Å². The van der Waals surface area contributed by atoms with Gasteiger partial charge in [-0.1, -0.05) is 29.3 Å². The summed E-state index contributed by atoms with van der Waals surface area (Å²) in [4.78, 5) is 44.0. The molecule has 1 aromatic heterocycles. The number of urea groups is 1. The molecule has 1 aromatic carbocycles. The minimum absolute atomic E-state index is 0.148. The first kappa shape index (κ1) is 18.7. The van der Waals surface area contributed by atoms with Crippen LogP contribution in [0, 0.1) is 0 Å². The van der Waals surface area contributed by atoms with Crippen molar-refractivity contribution in [3.8, 4) is 0 Å². The van der Waals surface area contributed by atoms with E-state index < -0.39 is 18.0 Å². The number of halogens is 2. The first-order chi connectivity index (χ1) is 13.5. The van der Waals surface area contributed by atoms with E-state index in [1.807, 2.05) is 0 Å². The van der Waals surface area contributed by atoms with Crippen LogP contribution in [0.2, 0.25) is 10.2 Å². The number of carbonyl (C=O) groups excluding carboxylic acids is 3. The number of ether oxygens (including phenoxy) is 1. The number of anilines is 2. The maximum Gasteiger partial charge on any atom is 0.332 e. The largest absolute Gasteiger partial charge is 0.377 e. The van der Waals surface area contributed by atoms with Crippen molar-refractivity contribution in [3.63, 3.8) is 0 Å². The Morgan fingerprint density at radius 3 is 2.75 bits per heavy atom.